The molecule has 0 N–H and O–H groups in total. The number of aryl methyl sites for hydroxylation is 1. The molecule has 2 fully saturated rings. The van der Waals surface area contributed by atoms with Crippen LogP contribution in [-0.2, 0) is 24.7 Å². The van der Waals surface area contributed by atoms with Crippen LogP contribution in [0.4, 0.5) is 0 Å². The molecule has 2 aromatic rings. The zero-order valence-corrected chi connectivity index (χ0v) is 16.9. The summed E-state index contributed by atoms with van der Waals surface area (Å²) in [5, 5.41) is 4.26. The van der Waals surface area contributed by atoms with Crippen molar-refractivity contribution >= 4 is 5.91 Å². The van der Waals surface area contributed by atoms with E-state index >= 15 is 0 Å². The molecule has 0 aliphatic carbocycles. The maximum absolute atomic E-state index is 12.5. The lowest BCUT2D eigenvalue weighted by atomic mass is 9.72. The van der Waals surface area contributed by atoms with Crippen molar-refractivity contribution in [3.63, 3.8) is 0 Å². The number of pyridine rings is 1. The number of carbonyl (C=O) groups excluding carboxylic acids is 1. The first-order valence-corrected chi connectivity index (χ1v) is 10.5. The highest BCUT2D eigenvalue weighted by atomic mass is 16.2. The highest BCUT2D eigenvalue weighted by Gasteiger charge is 2.40. The van der Waals surface area contributed by atoms with Crippen molar-refractivity contribution in [3.8, 4) is 0 Å². The number of carbonyl (C=O) groups is 1. The van der Waals surface area contributed by atoms with Crippen molar-refractivity contribution in [1.82, 2.24) is 24.6 Å². The lowest BCUT2D eigenvalue weighted by Crippen LogP contribution is -2.52. The average molecular weight is 382 g/mol. The van der Waals surface area contributed by atoms with E-state index in [9.17, 15) is 4.79 Å². The molecule has 4 rings (SSSR count). The van der Waals surface area contributed by atoms with Gasteiger partial charge in [0.15, 0.2) is 0 Å². The van der Waals surface area contributed by atoms with Crippen molar-refractivity contribution in [2.75, 3.05) is 32.7 Å². The highest BCUT2D eigenvalue weighted by Crippen LogP contribution is 2.40. The lowest BCUT2D eigenvalue weighted by Gasteiger charge is -2.47. The van der Waals surface area contributed by atoms with Crippen molar-refractivity contribution in [3.05, 3.63) is 48.0 Å². The van der Waals surface area contributed by atoms with E-state index in [0.717, 1.165) is 52.0 Å². The highest BCUT2D eigenvalue weighted by molar-refractivity contribution is 5.77. The smallest absolute Gasteiger partial charge is 0.222 e. The summed E-state index contributed by atoms with van der Waals surface area (Å²) >= 11 is 0. The number of likely N-dealkylation sites (tertiary alicyclic amines) is 2. The van der Waals surface area contributed by atoms with Gasteiger partial charge in [-0.1, -0.05) is 0 Å². The SMILES string of the molecule is Cn1cc(CCN2CCC3(CCC(=O)N(CCc4ccncc4)C3)CC2)cn1. The van der Waals surface area contributed by atoms with Crippen molar-refractivity contribution in [1.29, 1.82) is 0 Å². The number of hydrogen-bond donors (Lipinski definition) is 0. The molecular weight excluding hydrogens is 350 g/mol. The molecule has 0 aromatic carbocycles. The zero-order valence-electron chi connectivity index (χ0n) is 16.9. The second kappa shape index (κ2) is 8.43. The molecular formula is C22H31N5O. The maximum Gasteiger partial charge on any atom is 0.222 e. The predicted octanol–water partition coefficient (Wildman–Crippen LogP) is 2.30. The number of piperidine rings is 2. The fraction of sp³-hybridized carbons (Fsp3) is 0.591. The summed E-state index contributed by atoms with van der Waals surface area (Å²) in [6.07, 6.45) is 13.9. The molecule has 4 heterocycles. The van der Waals surface area contributed by atoms with E-state index in [0.29, 0.717) is 17.7 Å². The second-order valence-electron chi connectivity index (χ2n) is 8.53. The van der Waals surface area contributed by atoms with Gasteiger partial charge in [0.25, 0.3) is 0 Å². The second-order valence-corrected chi connectivity index (χ2v) is 8.53. The first-order valence-electron chi connectivity index (χ1n) is 10.5. The van der Waals surface area contributed by atoms with Gasteiger partial charge in [-0.2, -0.15) is 5.10 Å². The van der Waals surface area contributed by atoms with E-state index in [1.807, 2.05) is 42.5 Å². The molecule has 1 spiro atoms. The fourth-order valence-corrected chi connectivity index (χ4v) is 4.67. The molecule has 0 saturated carbocycles. The molecule has 0 unspecified atom stereocenters. The summed E-state index contributed by atoms with van der Waals surface area (Å²) in [7, 11) is 1.97. The first-order chi connectivity index (χ1) is 13.6. The molecule has 2 saturated heterocycles. The van der Waals surface area contributed by atoms with Crippen LogP contribution in [0.1, 0.15) is 36.8 Å². The Bertz CT molecular complexity index is 779. The Morgan fingerprint density at radius 2 is 1.79 bits per heavy atom. The summed E-state index contributed by atoms with van der Waals surface area (Å²) in [6.45, 7) is 5.16. The predicted molar refractivity (Wildman–Crippen MR) is 109 cm³/mol. The van der Waals surface area contributed by atoms with Crippen LogP contribution < -0.4 is 0 Å². The van der Waals surface area contributed by atoms with Crippen LogP contribution in [0.3, 0.4) is 0 Å². The zero-order chi connectivity index (χ0) is 19.4. The van der Waals surface area contributed by atoms with Crippen LogP contribution >= 0.6 is 0 Å². The molecule has 2 aliphatic heterocycles. The van der Waals surface area contributed by atoms with E-state index in [-0.39, 0.29) is 0 Å². The average Bonchev–Trinajstić information content (AvgIpc) is 3.14. The summed E-state index contributed by atoms with van der Waals surface area (Å²) in [6, 6.07) is 4.09. The van der Waals surface area contributed by atoms with Gasteiger partial charge in [0.2, 0.25) is 5.91 Å². The number of rotatable bonds is 6. The Morgan fingerprint density at radius 3 is 2.50 bits per heavy atom. The van der Waals surface area contributed by atoms with Gasteiger partial charge in [-0.3, -0.25) is 14.5 Å². The third-order valence-corrected chi connectivity index (χ3v) is 6.56. The van der Waals surface area contributed by atoms with Crippen LogP contribution in [0, 0.1) is 5.41 Å². The molecule has 6 nitrogen and oxygen atoms in total. The number of amides is 1. The third-order valence-electron chi connectivity index (χ3n) is 6.56. The van der Waals surface area contributed by atoms with Crippen LogP contribution in [0.2, 0.25) is 0 Å². The van der Waals surface area contributed by atoms with Gasteiger partial charge in [-0.25, -0.2) is 0 Å². The van der Waals surface area contributed by atoms with Crippen LogP contribution in [-0.4, -0.2) is 63.2 Å². The number of nitrogens with zero attached hydrogens (tertiary/aromatic N) is 5. The first kappa shape index (κ1) is 19.1. The molecule has 6 heteroatoms. The molecule has 2 aromatic heterocycles. The lowest BCUT2D eigenvalue weighted by molar-refractivity contribution is -0.139. The van der Waals surface area contributed by atoms with E-state index in [1.165, 1.54) is 24.0 Å². The van der Waals surface area contributed by atoms with Gasteiger partial charge in [0.05, 0.1) is 6.20 Å². The number of aromatic nitrogens is 3. The summed E-state index contributed by atoms with van der Waals surface area (Å²) in [5.74, 6) is 0.332. The monoisotopic (exact) mass is 381 g/mol. The third kappa shape index (κ3) is 4.61. The largest absolute Gasteiger partial charge is 0.342 e. The normalized spacial score (nSPS) is 20.0. The Kier molecular flexibility index (Phi) is 5.76. The molecule has 0 radical (unpaired) electrons. The van der Waals surface area contributed by atoms with E-state index in [1.54, 1.807) is 0 Å². The van der Waals surface area contributed by atoms with Crippen molar-refractivity contribution < 1.29 is 4.79 Å². The maximum atomic E-state index is 12.5. The van der Waals surface area contributed by atoms with Gasteiger partial charge in [0, 0.05) is 51.7 Å². The van der Waals surface area contributed by atoms with Gasteiger partial charge in [0.1, 0.15) is 0 Å². The molecule has 1 amide bonds. The minimum Gasteiger partial charge on any atom is -0.342 e. The summed E-state index contributed by atoms with van der Waals surface area (Å²) in [5.41, 5.74) is 2.90. The summed E-state index contributed by atoms with van der Waals surface area (Å²) in [4.78, 5) is 21.2. The molecule has 28 heavy (non-hydrogen) atoms. The van der Waals surface area contributed by atoms with Gasteiger partial charge < -0.3 is 9.80 Å². The molecule has 0 bridgehead atoms. The van der Waals surface area contributed by atoms with Crippen molar-refractivity contribution in [2.24, 2.45) is 12.5 Å². The topological polar surface area (TPSA) is 54.3 Å². The van der Waals surface area contributed by atoms with E-state index < -0.39 is 0 Å². The Morgan fingerprint density at radius 1 is 1.04 bits per heavy atom. The van der Waals surface area contributed by atoms with Gasteiger partial charge in [-0.05, 0) is 73.9 Å². The summed E-state index contributed by atoms with van der Waals surface area (Å²) < 4.78 is 1.88. The Labute approximate surface area is 167 Å². The standard InChI is InChI=1S/C22H31N5O/c1-25-17-20(16-24-25)5-12-26-14-8-22(9-15-26)7-2-21(28)27(18-22)13-6-19-3-10-23-11-4-19/h3-4,10-11,16-17H,2,5-9,12-15,18H2,1H3. The fourth-order valence-electron chi connectivity index (χ4n) is 4.67. The molecule has 150 valence electrons. The number of hydrogen-bond acceptors (Lipinski definition) is 4. The van der Waals surface area contributed by atoms with Crippen LogP contribution in [0.5, 0.6) is 0 Å². The quantitative estimate of drug-likeness (QED) is 0.771. The van der Waals surface area contributed by atoms with Crippen LogP contribution in [0.25, 0.3) is 0 Å². The minimum absolute atomic E-state index is 0.330. The van der Waals surface area contributed by atoms with E-state index in [2.05, 4.69) is 26.1 Å². The molecule has 2 aliphatic rings. The Balaban J connectivity index is 1.27. The van der Waals surface area contributed by atoms with Gasteiger partial charge >= 0.3 is 0 Å². The van der Waals surface area contributed by atoms with Crippen molar-refractivity contribution in [2.45, 2.75) is 38.5 Å². The molecule has 0 atom stereocenters. The minimum atomic E-state index is 0.330. The Hall–Kier alpha value is -2.21. The van der Waals surface area contributed by atoms with Gasteiger partial charge in [-0.15, -0.1) is 0 Å². The van der Waals surface area contributed by atoms with E-state index in [4.69, 9.17) is 0 Å². The van der Waals surface area contributed by atoms with Crippen LogP contribution in [0.15, 0.2) is 36.9 Å².